The summed E-state index contributed by atoms with van der Waals surface area (Å²) in [5, 5.41) is 0. The van der Waals surface area contributed by atoms with Crippen molar-refractivity contribution >= 4 is 11.8 Å². The predicted octanol–water partition coefficient (Wildman–Crippen LogP) is 5.05. The third-order valence-electron chi connectivity index (χ3n) is 5.64. The molecule has 0 aliphatic carbocycles. The Morgan fingerprint density at radius 1 is 1.00 bits per heavy atom. The zero-order valence-electron chi connectivity index (χ0n) is 20.1. The molecule has 2 aromatic rings. The molecule has 0 unspecified atom stereocenters. The third kappa shape index (κ3) is 6.73. The van der Waals surface area contributed by atoms with Gasteiger partial charge < -0.3 is 19.3 Å². The van der Waals surface area contributed by atoms with Crippen LogP contribution in [0.4, 0.5) is 0 Å². The van der Waals surface area contributed by atoms with Crippen LogP contribution in [0.1, 0.15) is 67.9 Å². The number of amides is 2. The van der Waals surface area contributed by atoms with Gasteiger partial charge in [0.05, 0.1) is 13.2 Å². The molecule has 0 spiro atoms. The second-order valence-corrected chi connectivity index (χ2v) is 8.41. The number of rotatable bonds is 12. The van der Waals surface area contributed by atoms with Crippen LogP contribution < -0.4 is 9.47 Å². The van der Waals surface area contributed by atoms with E-state index in [0.29, 0.717) is 50.6 Å². The van der Waals surface area contributed by atoms with Crippen LogP contribution in [-0.2, 0) is 17.9 Å². The average Bonchev–Trinajstić information content (AvgIpc) is 3.22. The van der Waals surface area contributed by atoms with Crippen LogP contribution in [0.3, 0.4) is 0 Å². The number of hydrogen-bond acceptors (Lipinski definition) is 4. The van der Waals surface area contributed by atoms with Crippen LogP contribution in [0, 0.1) is 0 Å². The smallest absolute Gasteiger partial charge is 0.254 e. The van der Waals surface area contributed by atoms with Gasteiger partial charge >= 0.3 is 0 Å². The van der Waals surface area contributed by atoms with Crippen LogP contribution in [0.25, 0.3) is 0 Å². The van der Waals surface area contributed by atoms with Crippen molar-refractivity contribution in [1.29, 1.82) is 0 Å². The summed E-state index contributed by atoms with van der Waals surface area (Å²) in [4.78, 5) is 29.1. The Labute approximate surface area is 197 Å². The maximum absolute atomic E-state index is 13.4. The molecule has 3 rings (SSSR count). The van der Waals surface area contributed by atoms with E-state index in [-0.39, 0.29) is 11.8 Å². The van der Waals surface area contributed by atoms with Crippen molar-refractivity contribution in [2.75, 3.05) is 26.3 Å². The number of carbonyl (C=O) groups excluding carboxylic acids is 2. The first-order valence-corrected chi connectivity index (χ1v) is 12.1. The highest BCUT2D eigenvalue weighted by Gasteiger charge is 2.21. The molecule has 6 heteroatoms. The lowest BCUT2D eigenvalue weighted by Gasteiger charge is -2.24. The van der Waals surface area contributed by atoms with E-state index < -0.39 is 0 Å². The minimum atomic E-state index is -0.00396. The van der Waals surface area contributed by atoms with E-state index in [1.165, 1.54) is 0 Å². The van der Waals surface area contributed by atoms with E-state index in [4.69, 9.17) is 9.47 Å². The van der Waals surface area contributed by atoms with E-state index in [0.717, 1.165) is 42.7 Å². The van der Waals surface area contributed by atoms with Crippen LogP contribution in [-0.4, -0.2) is 47.9 Å². The van der Waals surface area contributed by atoms with Gasteiger partial charge in [-0.25, -0.2) is 0 Å². The maximum Gasteiger partial charge on any atom is 0.254 e. The van der Waals surface area contributed by atoms with Crippen molar-refractivity contribution in [2.24, 2.45) is 0 Å². The highest BCUT2D eigenvalue weighted by Crippen LogP contribution is 2.29. The third-order valence-corrected chi connectivity index (χ3v) is 5.64. The van der Waals surface area contributed by atoms with Crippen molar-refractivity contribution in [3.05, 3.63) is 59.2 Å². The summed E-state index contributed by atoms with van der Waals surface area (Å²) in [5.74, 6) is 1.64. The van der Waals surface area contributed by atoms with Gasteiger partial charge in [0.1, 0.15) is 0 Å². The Hall–Kier alpha value is -3.02. The first-order valence-electron chi connectivity index (χ1n) is 12.1. The van der Waals surface area contributed by atoms with Gasteiger partial charge in [-0.05, 0) is 61.6 Å². The molecule has 0 radical (unpaired) electrons. The van der Waals surface area contributed by atoms with E-state index in [2.05, 4.69) is 13.8 Å². The molecule has 0 N–H and O–H groups in total. The molecule has 2 amide bonds. The molecule has 0 aromatic heterocycles. The van der Waals surface area contributed by atoms with Gasteiger partial charge in [0, 0.05) is 38.2 Å². The molecule has 6 nitrogen and oxygen atoms in total. The summed E-state index contributed by atoms with van der Waals surface area (Å²) in [6.07, 6.45) is 3.32. The lowest BCUT2D eigenvalue weighted by molar-refractivity contribution is -0.128. The second kappa shape index (κ2) is 12.3. The summed E-state index contributed by atoms with van der Waals surface area (Å²) in [6.45, 7) is 9.79. The summed E-state index contributed by atoms with van der Waals surface area (Å²) < 4.78 is 11.6. The van der Waals surface area contributed by atoms with Gasteiger partial charge in [-0.3, -0.25) is 9.59 Å². The zero-order valence-corrected chi connectivity index (χ0v) is 20.1. The lowest BCUT2D eigenvalue weighted by atomic mass is 10.1. The molecule has 1 aliphatic rings. The van der Waals surface area contributed by atoms with Gasteiger partial charge in [0.15, 0.2) is 11.5 Å². The fraction of sp³-hybridized carbons (Fsp3) is 0.481. The monoisotopic (exact) mass is 452 g/mol. The molecule has 1 aliphatic heterocycles. The number of likely N-dealkylation sites (tertiary alicyclic amines) is 1. The Morgan fingerprint density at radius 3 is 2.55 bits per heavy atom. The largest absolute Gasteiger partial charge is 0.490 e. The second-order valence-electron chi connectivity index (χ2n) is 8.41. The van der Waals surface area contributed by atoms with Gasteiger partial charge in [-0.15, -0.1) is 0 Å². The SMILES string of the molecule is CCCOc1ccc(CN(CCC)C(=O)c2cccc(CN3CCCC3=O)c2)cc1OCC. The van der Waals surface area contributed by atoms with Crippen LogP contribution in [0.5, 0.6) is 11.5 Å². The molecular formula is C27H36N2O4. The highest BCUT2D eigenvalue weighted by molar-refractivity contribution is 5.94. The normalized spacial score (nSPS) is 13.3. The molecule has 0 atom stereocenters. The minimum Gasteiger partial charge on any atom is -0.490 e. The number of nitrogens with zero attached hydrogens (tertiary/aromatic N) is 2. The van der Waals surface area contributed by atoms with Crippen LogP contribution >= 0.6 is 0 Å². The Kier molecular flexibility index (Phi) is 9.16. The first kappa shape index (κ1) is 24.6. The molecule has 1 fully saturated rings. The van der Waals surface area contributed by atoms with E-state index in [9.17, 15) is 9.59 Å². The average molecular weight is 453 g/mol. The molecule has 1 heterocycles. The molecule has 33 heavy (non-hydrogen) atoms. The summed E-state index contributed by atoms with van der Waals surface area (Å²) in [5.41, 5.74) is 2.65. The van der Waals surface area contributed by atoms with Crippen molar-refractivity contribution < 1.29 is 19.1 Å². The van der Waals surface area contributed by atoms with Gasteiger partial charge in [0.2, 0.25) is 5.91 Å². The molecule has 0 bridgehead atoms. The fourth-order valence-electron chi connectivity index (χ4n) is 4.07. The van der Waals surface area contributed by atoms with Crippen molar-refractivity contribution in [3.8, 4) is 11.5 Å². The number of hydrogen-bond donors (Lipinski definition) is 0. The lowest BCUT2D eigenvalue weighted by Crippen LogP contribution is -2.31. The predicted molar refractivity (Wildman–Crippen MR) is 130 cm³/mol. The molecular weight excluding hydrogens is 416 g/mol. The van der Waals surface area contributed by atoms with Crippen molar-refractivity contribution in [3.63, 3.8) is 0 Å². The standard InChI is InChI=1S/C27H36N2O4/c1-4-14-29(20-22-12-13-24(33-16-5-2)25(18-22)32-6-3)27(31)23-10-7-9-21(17-23)19-28-15-8-11-26(28)30/h7,9-10,12-13,17-18H,4-6,8,11,14-16,19-20H2,1-3H3. The summed E-state index contributed by atoms with van der Waals surface area (Å²) in [6, 6.07) is 13.6. The molecule has 2 aromatic carbocycles. The summed E-state index contributed by atoms with van der Waals surface area (Å²) >= 11 is 0. The highest BCUT2D eigenvalue weighted by atomic mass is 16.5. The van der Waals surface area contributed by atoms with Gasteiger partial charge in [-0.1, -0.05) is 32.0 Å². The quantitative estimate of drug-likeness (QED) is 0.452. The Balaban J connectivity index is 1.75. The fourth-order valence-corrected chi connectivity index (χ4v) is 4.07. The number of benzene rings is 2. The topological polar surface area (TPSA) is 59.1 Å². The van der Waals surface area contributed by atoms with E-state index >= 15 is 0 Å². The van der Waals surface area contributed by atoms with Crippen molar-refractivity contribution in [2.45, 2.75) is 59.5 Å². The molecule has 1 saturated heterocycles. The Morgan fingerprint density at radius 2 is 1.85 bits per heavy atom. The summed E-state index contributed by atoms with van der Waals surface area (Å²) in [7, 11) is 0. The van der Waals surface area contributed by atoms with Crippen LogP contribution in [0.15, 0.2) is 42.5 Å². The molecule has 0 saturated carbocycles. The van der Waals surface area contributed by atoms with Crippen molar-refractivity contribution in [1.82, 2.24) is 9.80 Å². The van der Waals surface area contributed by atoms with Gasteiger partial charge in [-0.2, -0.15) is 0 Å². The molecule has 178 valence electrons. The number of carbonyl (C=O) groups is 2. The number of ether oxygens (including phenoxy) is 2. The van der Waals surface area contributed by atoms with Gasteiger partial charge in [0.25, 0.3) is 5.91 Å². The first-order chi connectivity index (χ1) is 16.0. The van der Waals surface area contributed by atoms with E-state index in [1.54, 1.807) is 0 Å². The zero-order chi connectivity index (χ0) is 23.6. The Bertz CT molecular complexity index is 943. The van der Waals surface area contributed by atoms with E-state index in [1.807, 2.05) is 59.2 Å². The maximum atomic E-state index is 13.4. The minimum absolute atomic E-state index is 0.00396. The van der Waals surface area contributed by atoms with Crippen LogP contribution in [0.2, 0.25) is 0 Å².